The monoisotopic (exact) mass is 734 g/mol. The van der Waals surface area contributed by atoms with Crippen LogP contribution >= 0.6 is 0 Å². The molecule has 12 heteroatoms. The van der Waals surface area contributed by atoms with Crippen molar-refractivity contribution in [1.29, 1.82) is 0 Å². The summed E-state index contributed by atoms with van der Waals surface area (Å²) >= 11 is 0. The molecule has 0 spiro atoms. The van der Waals surface area contributed by atoms with E-state index in [1.807, 2.05) is 39.8 Å². The average molecular weight is 735 g/mol. The first-order valence-corrected chi connectivity index (χ1v) is 13.4. The standard InChI is InChI=1S/C21H31N3O6.C2H6N2.2C2H6.Pt/c1-3-29-21(28)16(2)8-13-23-19(26)6-7-20(27)30-15-14-24-18(25)5-4-17-9-11-22-12-10-17;3-1-2-4;2*1-2;/h9-12,16H,3-8,13-15H2,1-2H3,(H,23,26)(H,24,25);3-4H,1-2H2;2*1-2H3;/q;-2;;;+2. The van der Waals surface area contributed by atoms with E-state index in [1.54, 1.807) is 26.2 Å². The molecule has 0 saturated heterocycles. The number of nitrogens with one attached hydrogen (secondary N) is 4. The van der Waals surface area contributed by atoms with Crippen molar-refractivity contribution < 1.29 is 49.7 Å². The molecule has 0 fully saturated rings. The molecule has 1 aromatic heterocycles. The molecule has 1 rings (SSSR count). The normalized spacial score (nSPS) is 9.74. The summed E-state index contributed by atoms with van der Waals surface area (Å²) < 4.78 is 9.90. The maximum atomic E-state index is 11.8. The Kier molecular flexibility index (Phi) is 37.7. The van der Waals surface area contributed by atoms with E-state index < -0.39 is 5.97 Å². The number of esters is 2. The smallest absolute Gasteiger partial charge is 0.679 e. The predicted octanol–water partition coefficient (Wildman–Crippen LogP) is 4.30. The van der Waals surface area contributed by atoms with Crippen LogP contribution in [0.2, 0.25) is 0 Å². The number of carbonyl (C=O) groups is 4. The van der Waals surface area contributed by atoms with E-state index in [0.29, 0.717) is 32.4 Å². The van der Waals surface area contributed by atoms with Gasteiger partial charge in [0, 0.05) is 31.8 Å². The van der Waals surface area contributed by atoms with Gasteiger partial charge in [0.25, 0.3) is 0 Å². The van der Waals surface area contributed by atoms with Gasteiger partial charge in [0.1, 0.15) is 6.61 Å². The minimum atomic E-state index is -0.504. The molecule has 4 N–H and O–H groups in total. The fourth-order valence-corrected chi connectivity index (χ4v) is 2.46. The number of nitrogens with zero attached hydrogens (tertiary/aromatic N) is 1. The molecule has 0 saturated carbocycles. The molecule has 11 nitrogen and oxygen atoms in total. The van der Waals surface area contributed by atoms with Crippen LogP contribution in [-0.4, -0.2) is 68.1 Å². The second-order valence-corrected chi connectivity index (χ2v) is 7.22. The van der Waals surface area contributed by atoms with Crippen LogP contribution in [0.15, 0.2) is 24.5 Å². The van der Waals surface area contributed by atoms with E-state index in [1.165, 1.54) is 0 Å². The van der Waals surface area contributed by atoms with Gasteiger partial charge in [0.15, 0.2) is 0 Å². The number of pyridine rings is 1. The van der Waals surface area contributed by atoms with E-state index in [-0.39, 0.29) is 83.8 Å². The third-order valence-corrected chi connectivity index (χ3v) is 4.35. The van der Waals surface area contributed by atoms with Crippen molar-refractivity contribution in [1.82, 2.24) is 15.6 Å². The van der Waals surface area contributed by atoms with E-state index in [0.717, 1.165) is 5.56 Å². The number of aromatic nitrogens is 1. The zero-order chi connectivity index (χ0) is 29.6. The molecule has 0 aliphatic rings. The quantitative estimate of drug-likeness (QED) is 0.200. The Morgan fingerprint density at radius 2 is 1.41 bits per heavy atom. The molecule has 0 bridgehead atoms. The van der Waals surface area contributed by atoms with Gasteiger partial charge < -0.3 is 31.6 Å². The number of carbonyl (C=O) groups excluding carboxylic acids is 4. The number of aryl methyl sites for hydroxylation is 1. The summed E-state index contributed by atoms with van der Waals surface area (Å²) in [6.45, 7) is 12.9. The van der Waals surface area contributed by atoms with Gasteiger partial charge in [-0.2, -0.15) is 13.1 Å². The summed E-state index contributed by atoms with van der Waals surface area (Å²) in [4.78, 5) is 50.6. The number of hydrogen-bond acceptors (Lipinski definition) is 7. The van der Waals surface area contributed by atoms with Crippen molar-refractivity contribution in [3.63, 3.8) is 0 Å². The maximum absolute atomic E-state index is 11.8. The Balaban J connectivity index is -0.000000608. The minimum absolute atomic E-state index is 0. The maximum Gasteiger partial charge on any atom is 2.00 e. The number of rotatable bonds is 15. The van der Waals surface area contributed by atoms with Crippen LogP contribution < -0.4 is 10.6 Å². The molecule has 0 radical (unpaired) electrons. The number of hydrogen-bond donors (Lipinski definition) is 2. The molecule has 0 aliphatic heterocycles. The predicted molar refractivity (Wildman–Crippen MR) is 150 cm³/mol. The van der Waals surface area contributed by atoms with E-state index in [9.17, 15) is 19.2 Å². The van der Waals surface area contributed by atoms with Crippen molar-refractivity contribution in [3.8, 4) is 0 Å². The van der Waals surface area contributed by atoms with Crippen molar-refractivity contribution in [2.24, 2.45) is 5.92 Å². The van der Waals surface area contributed by atoms with Gasteiger partial charge in [-0.3, -0.25) is 24.2 Å². The molecular weight excluding hydrogens is 685 g/mol. The van der Waals surface area contributed by atoms with Gasteiger partial charge in [-0.1, -0.05) is 34.6 Å². The van der Waals surface area contributed by atoms with Crippen LogP contribution in [-0.2, 0) is 56.1 Å². The van der Waals surface area contributed by atoms with Crippen LogP contribution in [0.3, 0.4) is 0 Å². The second kappa shape index (κ2) is 33.7. The van der Waals surface area contributed by atoms with Gasteiger partial charge in [0.2, 0.25) is 11.8 Å². The molecule has 0 aliphatic carbocycles. The molecule has 2 amide bonds. The summed E-state index contributed by atoms with van der Waals surface area (Å²) in [5, 5.41) is 5.34. The third kappa shape index (κ3) is 30.0. The summed E-state index contributed by atoms with van der Waals surface area (Å²) in [5.74, 6) is -1.50. The molecule has 1 aromatic rings. The molecule has 1 atom stereocenters. The first kappa shape index (κ1) is 43.7. The second-order valence-electron chi connectivity index (χ2n) is 7.22. The molecule has 0 aromatic carbocycles. The first-order valence-electron chi connectivity index (χ1n) is 13.4. The van der Waals surface area contributed by atoms with E-state index in [2.05, 4.69) is 15.6 Å². The molecule has 228 valence electrons. The fourth-order valence-electron chi connectivity index (χ4n) is 2.46. The third-order valence-electron chi connectivity index (χ3n) is 4.35. The van der Waals surface area contributed by atoms with Crippen molar-refractivity contribution in [2.75, 3.05) is 39.4 Å². The zero-order valence-electron chi connectivity index (χ0n) is 24.4. The van der Waals surface area contributed by atoms with Gasteiger partial charge >= 0.3 is 33.0 Å². The van der Waals surface area contributed by atoms with Crippen LogP contribution in [0.5, 0.6) is 0 Å². The first-order chi connectivity index (χ1) is 18.3. The van der Waals surface area contributed by atoms with Gasteiger partial charge in [-0.05, 0) is 37.5 Å². The fraction of sp³-hybridized carbons (Fsp3) is 0.667. The number of ether oxygens (including phenoxy) is 2. The van der Waals surface area contributed by atoms with E-state index >= 15 is 0 Å². The summed E-state index contributed by atoms with van der Waals surface area (Å²) in [6, 6.07) is 3.71. The van der Waals surface area contributed by atoms with Crippen molar-refractivity contribution in [3.05, 3.63) is 41.6 Å². The SMILES string of the molecule is CC.CC.CCOC(=O)C(C)CCNC(=O)CCC(=O)OCCNC(=O)CCc1ccncc1.[NH-]CC[NH-].[Pt+2]. The largest absolute Gasteiger partial charge is 2.00 e. The van der Waals surface area contributed by atoms with Crippen molar-refractivity contribution in [2.45, 2.75) is 73.6 Å². The average Bonchev–Trinajstić information content (AvgIpc) is 2.96. The molecular formula is C27H49N5O6Pt. The minimum Gasteiger partial charge on any atom is -0.679 e. The van der Waals surface area contributed by atoms with Crippen molar-refractivity contribution >= 4 is 23.8 Å². The molecule has 39 heavy (non-hydrogen) atoms. The Hall–Kier alpha value is -2.36. The van der Waals surface area contributed by atoms with Crippen LogP contribution in [0.25, 0.3) is 11.5 Å². The van der Waals surface area contributed by atoms with Gasteiger partial charge in [0.05, 0.1) is 25.5 Å². The topological polar surface area (TPSA) is 171 Å². The Morgan fingerprint density at radius 3 is 1.95 bits per heavy atom. The Morgan fingerprint density at radius 1 is 0.872 bits per heavy atom. The van der Waals surface area contributed by atoms with Gasteiger partial charge in [-0.25, -0.2) is 0 Å². The summed E-state index contributed by atoms with van der Waals surface area (Å²) in [5.41, 5.74) is 13.6. The zero-order valence-corrected chi connectivity index (χ0v) is 26.7. The van der Waals surface area contributed by atoms with Crippen LogP contribution in [0, 0.1) is 5.92 Å². The summed E-state index contributed by atoms with van der Waals surface area (Å²) in [6.07, 6.45) is 4.73. The molecule has 1 heterocycles. The van der Waals surface area contributed by atoms with Gasteiger partial charge in [-0.15, -0.1) is 0 Å². The van der Waals surface area contributed by atoms with E-state index in [4.69, 9.17) is 20.9 Å². The number of amides is 2. The Labute approximate surface area is 249 Å². The Bertz CT molecular complexity index is 724. The van der Waals surface area contributed by atoms with Crippen LogP contribution in [0.4, 0.5) is 0 Å². The molecule has 1 unspecified atom stereocenters. The summed E-state index contributed by atoms with van der Waals surface area (Å²) in [7, 11) is 0. The van der Waals surface area contributed by atoms with Crippen LogP contribution in [0.1, 0.15) is 72.8 Å².